The van der Waals surface area contributed by atoms with Gasteiger partial charge in [0.1, 0.15) is 0 Å². The number of carbonyl (C=O) groups excluding carboxylic acids is 1. The molecule has 0 atom stereocenters. The first-order chi connectivity index (χ1) is 9.10. The van der Waals surface area contributed by atoms with E-state index >= 15 is 0 Å². The van der Waals surface area contributed by atoms with Gasteiger partial charge in [-0.15, -0.1) is 22.7 Å². The molecule has 102 valence electrons. The van der Waals surface area contributed by atoms with Crippen LogP contribution in [0.1, 0.15) is 31.9 Å². The maximum atomic E-state index is 12.3. The van der Waals surface area contributed by atoms with E-state index in [0.29, 0.717) is 6.54 Å². The summed E-state index contributed by atoms with van der Waals surface area (Å²) in [6, 6.07) is 6.20. The van der Waals surface area contributed by atoms with E-state index in [-0.39, 0.29) is 5.78 Å². The summed E-state index contributed by atoms with van der Waals surface area (Å²) in [7, 11) is 0. The predicted octanol–water partition coefficient (Wildman–Crippen LogP) is 4.13. The van der Waals surface area contributed by atoms with Gasteiger partial charge < -0.3 is 0 Å². The molecule has 0 bridgehead atoms. The summed E-state index contributed by atoms with van der Waals surface area (Å²) in [6.07, 6.45) is 0. The molecule has 0 aliphatic heterocycles. The number of likely N-dealkylation sites (N-methyl/N-ethyl adjacent to an activating group) is 1. The molecule has 0 amide bonds. The van der Waals surface area contributed by atoms with Crippen LogP contribution in [0.2, 0.25) is 0 Å². The molecule has 0 radical (unpaired) electrons. The average molecular weight is 293 g/mol. The third-order valence-corrected chi connectivity index (χ3v) is 4.94. The first kappa shape index (κ1) is 14.4. The average Bonchev–Trinajstić information content (AvgIpc) is 2.98. The zero-order chi connectivity index (χ0) is 13.8. The third kappa shape index (κ3) is 3.75. The molecule has 0 saturated heterocycles. The first-order valence-corrected chi connectivity index (χ1v) is 8.14. The van der Waals surface area contributed by atoms with E-state index in [9.17, 15) is 4.79 Å². The zero-order valence-corrected chi connectivity index (χ0v) is 13.2. The highest BCUT2D eigenvalue weighted by Crippen LogP contribution is 2.21. The molecule has 0 saturated carbocycles. The van der Waals surface area contributed by atoms with Crippen LogP contribution in [0.5, 0.6) is 0 Å². The Morgan fingerprint density at radius 1 is 1.37 bits per heavy atom. The van der Waals surface area contributed by atoms with Crippen LogP contribution in [0.25, 0.3) is 0 Å². The largest absolute Gasteiger partial charge is 0.293 e. The van der Waals surface area contributed by atoms with Gasteiger partial charge in [0.15, 0.2) is 5.78 Å². The Bertz CT molecular complexity index is 543. The summed E-state index contributed by atoms with van der Waals surface area (Å²) >= 11 is 3.45. The standard InChI is InChI=1S/C15H19NOS2/c1-4-16(9-13-6-5-7-18-13)10-15(17)14-8-11(2)19-12(14)3/h5-8H,4,9-10H2,1-3H3. The smallest absolute Gasteiger partial charge is 0.177 e. The summed E-state index contributed by atoms with van der Waals surface area (Å²) in [4.78, 5) is 18.2. The first-order valence-electron chi connectivity index (χ1n) is 6.45. The number of rotatable bonds is 6. The van der Waals surface area contributed by atoms with E-state index in [2.05, 4.69) is 36.3 Å². The fourth-order valence-corrected chi connectivity index (χ4v) is 3.79. The molecule has 0 spiro atoms. The molecule has 2 aromatic heterocycles. The number of hydrogen-bond donors (Lipinski definition) is 0. The number of thiophene rings is 2. The van der Waals surface area contributed by atoms with Gasteiger partial charge in [-0.05, 0) is 37.9 Å². The molecule has 2 heterocycles. The summed E-state index contributed by atoms with van der Waals surface area (Å²) < 4.78 is 0. The topological polar surface area (TPSA) is 20.3 Å². The Morgan fingerprint density at radius 2 is 2.16 bits per heavy atom. The molecule has 19 heavy (non-hydrogen) atoms. The molecule has 2 nitrogen and oxygen atoms in total. The number of carbonyl (C=O) groups is 1. The number of ketones is 1. The second-order valence-electron chi connectivity index (χ2n) is 4.63. The zero-order valence-electron chi connectivity index (χ0n) is 11.6. The van der Waals surface area contributed by atoms with Crippen molar-refractivity contribution in [1.29, 1.82) is 0 Å². The van der Waals surface area contributed by atoms with Gasteiger partial charge in [0.25, 0.3) is 0 Å². The van der Waals surface area contributed by atoms with Crippen LogP contribution in [0.15, 0.2) is 23.6 Å². The number of nitrogens with zero attached hydrogens (tertiary/aromatic N) is 1. The van der Waals surface area contributed by atoms with E-state index in [0.717, 1.165) is 23.5 Å². The molecular formula is C15H19NOS2. The van der Waals surface area contributed by atoms with Crippen molar-refractivity contribution in [2.45, 2.75) is 27.3 Å². The minimum atomic E-state index is 0.236. The van der Waals surface area contributed by atoms with Crippen molar-refractivity contribution in [3.63, 3.8) is 0 Å². The lowest BCUT2D eigenvalue weighted by Gasteiger charge is -2.18. The van der Waals surface area contributed by atoms with Crippen molar-refractivity contribution in [2.75, 3.05) is 13.1 Å². The second kappa shape index (κ2) is 6.46. The minimum absolute atomic E-state index is 0.236. The quantitative estimate of drug-likeness (QED) is 0.746. The Balaban J connectivity index is 2.02. The van der Waals surface area contributed by atoms with Crippen molar-refractivity contribution in [1.82, 2.24) is 4.90 Å². The maximum Gasteiger partial charge on any atom is 0.177 e. The van der Waals surface area contributed by atoms with Crippen LogP contribution >= 0.6 is 22.7 Å². The normalized spacial score (nSPS) is 11.2. The molecule has 0 aliphatic carbocycles. The molecular weight excluding hydrogens is 274 g/mol. The van der Waals surface area contributed by atoms with E-state index in [4.69, 9.17) is 0 Å². The van der Waals surface area contributed by atoms with Gasteiger partial charge in [-0.1, -0.05) is 13.0 Å². The SMILES string of the molecule is CCN(CC(=O)c1cc(C)sc1C)Cc1cccs1. The summed E-state index contributed by atoms with van der Waals surface area (Å²) in [5, 5.41) is 2.08. The maximum absolute atomic E-state index is 12.3. The molecule has 2 rings (SSSR count). The highest BCUT2D eigenvalue weighted by atomic mass is 32.1. The highest BCUT2D eigenvalue weighted by Gasteiger charge is 2.15. The van der Waals surface area contributed by atoms with Crippen LogP contribution < -0.4 is 0 Å². The fourth-order valence-electron chi connectivity index (χ4n) is 2.10. The molecule has 4 heteroatoms. The fraction of sp³-hybridized carbons (Fsp3) is 0.400. The minimum Gasteiger partial charge on any atom is -0.293 e. The highest BCUT2D eigenvalue weighted by molar-refractivity contribution is 7.12. The molecule has 0 N–H and O–H groups in total. The predicted molar refractivity (Wildman–Crippen MR) is 83.4 cm³/mol. The third-order valence-electron chi connectivity index (χ3n) is 3.12. The number of aryl methyl sites for hydroxylation is 2. The van der Waals surface area contributed by atoms with E-state index in [1.807, 2.05) is 13.0 Å². The van der Waals surface area contributed by atoms with Crippen molar-refractivity contribution in [2.24, 2.45) is 0 Å². The monoisotopic (exact) mass is 293 g/mol. The van der Waals surface area contributed by atoms with E-state index in [1.54, 1.807) is 22.7 Å². The summed E-state index contributed by atoms with van der Waals surface area (Å²) in [5.74, 6) is 0.236. The van der Waals surface area contributed by atoms with Gasteiger partial charge in [0.05, 0.1) is 6.54 Å². The Hall–Kier alpha value is -0.970. The molecule has 0 aliphatic rings. The Labute approximate surface area is 122 Å². The lowest BCUT2D eigenvalue weighted by molar-refractivity contribution is 0.0930. The second-order valence-corrected chi connectivity index (χ2v) is 7.13. The van der Waals surface area contributed by atoms with Crippen LogP contribution in [0, 0.1) is 13.8 Å². The van der Waals surface area contributed by atoms with Crippen LogP contribution in [-0.2, 0) is 6.54 Å². The van der Waals surface area contributed by atoms with Crippen molar-refractivity contribution in [3.8, 4) is 0 Å². The molecule has 0 fully saturated rings. The van der Waals surface area contributed by atoms with Gasteiger partial charge in [0.2, 0.25) is 0 Å². The van der Waals surface area contributed by atoms with Gasteiger partial charge >= 0.3 is 0 Å². The van der Waals surface area contributed by atoms with Crippen LogP contribution in [0.4, 0.5) is 0 Å². The lowest BCUT2D eigenvalue weighted by atomic mass is 10.1. The summed E-state index contributed by atoms with van der Waals surface area (Å²) in [5.41, 5.74) is 0.895. The Kier molecular flexibility index (Phi) is 4.91. The van der Waals surface area contributed by atoms with Gasteiger partial charge in [0, 0.05) is 26.7 Å². The van der Waals surface area contributed by atoms with Crippen LogP contribution in [0.3, 0.4) is 0 Å². The Morgan fingerprint density at radius 3 is 2.68 bits per heavy atom. The number of hydrogen-bond acceptors (Lipinski definition) is 4. The van der Waals surface area contributed by atoms with E-state index in [1.165, 1.54) is 9.75 Å². The molecule has 2 aromatic rings. The van der Waals surface area contributed by atoms with E-state index < -0.39 is 0 Å². The lowest BCUT2D eigenvalue weighted by Crippen LogP contribution is -2.29. The molecule has 0 aromatic carbocycles. The number of Topliss-reactive ketones (excluding diaryl/α,β-unsaturated/α-hetero) is 1. The van der Waals surface area contributed by atoms with Gasteiger partial charge in [-0.3, -0.25) is 9.69 Å². The van der Waals surface area contributed by atoms with Gasteiger partial charge in [-0.2, -0.15) is 0 Å². The van der Waals surface area contributed by atoms with Crippen molar-refractivity contribution < 1.29 is 4.79 Å². The summed E-state index contributed by atoms with van der Waals surface area (Å²) in [6.45, 7) is 8.45. The van der Waals surface area contributed by atoms with Crippen molar-refractivity contribution in [3.05, 3.63) is 43.8 Å². The molecule has 0 unspecified atom stereocenters. The van der Waals surface area contributed by atoms with Crippen LogP contribution in [-0.4, -0.2) is 23.8 Å². The van der Waals surface area contributed by atoms with Crippen molar-refractivity contribution >= 4 is 28.5 Å². The van der Waals surface area contributed by atoms with Gasteiger partial charge in [-0.25, -0.2) is 0 Å².